The van der Waals surface area contributed by atoms with Crippen LogP contribution in [-0.2, 0) is 9.59 Å². The molecule has 116 valence electrons. The normalized spacial score (nSPS) is 18.1. The molecule has 2 amide bonds. The Labute approximate surface area is 122 Å². The Kier molecular flexibility index (Phi) is 6.99. The summed E-state index contributed by atoms with van der Waals surface area (Å²) in [5.41, 5.74) is 0. The molecular weight excluding hydrogens is 254 g/mol. The third kappa shape index (κ3) is 5.49. The number of hydrogen-bond donors (Lipinski definition) is 1. The van der Waals surface area contributed by atoms with Crippen molar-refractivity contribution in [3.63, 3.8) is 0 Å². The van der Waals surface area contributed by atoms with Gasteiger partial charge in [0.05, 0.1) is 6.54 Å². The summed E-state index contributed by atoms with van der Waals surface area (Å²) >= 11 is 0. The summed E-state index contributed by atoms with van der Waals surface area (Å²) in [5, 5.41) is 2.90. The zero-order valence-electron chi connectivity index (χ0n) is 13.3. The van der Waals surface area contributed by atoms with Crippen LogP contribution in [0.3, 0.4) is 0 Å². The molecule has 0 aromatic heterocycles. The molecule has 1 N–H and O–H groups in total. The van der Waals surface area contributed by atoms with E-state index < -0.39 is 0 Å². The molecule has 5 nitrogen and oxygen atoms in total. The van der Waals surface area contributed by atoms with Crippen LogP contribution < -0.4 is 5.32 Å². The van der Waals surface area contributed by atoms with E-state index in [-0.39, 0.29) is 23.8 Å². The highest BCUT2D eigenvalue weighted by atomic mass is 16.2. The average Bonchev–Trinajstić information content (AvgIpc) is 2.38. The summed E-state index contributed by atoms with van der Waals surface area (Å²) in [7, 11) is 0. The highest BCUT2D eigenvalue weighted by molar-refractivity contribution is 5.79. The minimum absolute atomic E-state index is 0.0686. The maximum atomic E-state index is 12.2. The molecule has 0 saturated carbocycles. The highest BCUT2D eigenvalue weighted by Gasteiger charge is 2.25. The minimum atomic E-state index is 0.0686. The van der Waals surface area contributed by atoms with E-state index in [1.165, 1.54) is 0 Å². The maximum Gasteiger partial charge on any atom is 0.234 e. The topological polar surface area (TPSA) is 52.7 Å². The molecule has 0 aromatic rings. The predicted octanol–water partition coefficient (Wildman–Crippen LogP) is 1.09. The second-order valence-electron chi connectivity index (χ2n) is 6.01. The van der Waals surface area contributed by atoms with Crippen LogP contribution in [0.1, 0.15) is 40.5 Å². The van der Waals surface area contributed by atoms with E-state index in [4.69, 9.17) is 0 Å². The van der Waals surface area contributed by atoms with Crippen LogP contribution in [0.25, 0.3) is 0 Å². The molecule has 5 heteroatoms. The van der Waals surface area contributed by atoms with E-state index in [9.17, 15) is 9.59 Å². The van der Waals surface area contributed by atoms with Crippen molar-refractivity contribution >= 4 is 11.8 Å². The fourth-order valence-corrected chi connectivity index (χ4v) is 2.57. The summed E-state index contributed by atoms with van der Waals surface area (Å²) in [5.74, 6) is 0.452. The number of rotatable bonds is 6. The molecule has 1 saturated heterocycles. The predicted molar refractivity (Wildman–Crippen MR) is 80.4 cm³/mol. The SMILES string of the molecule is CCCC(C)C(=O)N1CCN(CC(=O)NC(C)C)CC1. The lowest BCUT2D eigenvalue weighted by atomic mass is 10.0. The van der Waals surface area contributed by atoms with Crippen molar-refractivity contribution in [2.24, 2.45) is 5.92 Å². The molecule has 0 aliphatic carbocycles. The molecule has 1 aliphatic rings. The number of carbonyl (C=O) groups is 2. The quantitative estimate of drug-likeness (QED) is 0.794. The standard InChI is InChI=1S/C15H29N3O2/c1-5-6-13(4)15(20)18-9-7-17(8-10-18)11-14(19)16-12(2)3/h12-13H,5-11H2,1-4H3,(H,16,19). The van der Waals surface area contributed by atoms with Crippen molar-refractivity contribution in [1.29, 1.82) is 0 Å². The molecule has 0 spiro atoms. The third-order valence-electron chi connectivity index (χ3n) is 3.64. The monoisotopic (exact) mass is 283 g/mol. The van der Waals surface area contributed by atoms with Crippen molar-refractivity contribution in [2.45, 2.75) is 46.6 Å². The Bertz CT molecular complexity index is 323. The zero-order chi connectivity index (χ0) is 15.1. The van der Waals surface area contributed by atoms with Gasteiger partial charge in [0, 0.05) is 38.1 Å². The second-order valence-corrected chi connectivity index (χ2v) is 6.01. The van der Waals surface area contributed by atoms with E-state index >= 15 is 0 Å². The molecule has 0 radical (unpaired) electrons. The molecule has 1 heterocycles. The summed E-state index contributed by atoms with van der Waals surface area (Å²) < 4.78 is 0. The average molecular weight is 283 g/mol. The summed E-state index contributed by atoms with van der Waals surface area (Å²) in [6.45, 7) is 11.5. The largest absolute Gasteiger partial charge is 0.353 e. The summed E-state index contributed by atoms with van der Waals surface area (Å²) in [4.78, 5) is 27.9. The number of amides is 2. The van der Waals surface area contributed by atoms with Crippen molar-refractivity contribution in [3.8, 4) is 0 Å². The number of carbonyl (C=O) groups excluding carboxylic acids is 2. The van der Waals surface area contributed by atoms with Gasteiger partial charge in [-0.15, -0.1) is 0 Å². The summed E-state index contributed by atoms with van der Waals surface area (Å²) in [6.07, 6.45) is 2.00. The molecule has 1 fully saturated rings. The van der Waals surface area contributed by atoms with Crippen LogP contribution in [0.2, 0.25) is 0 Å². The zero-order valence-corrected chi connectivity index (χ0v) is 13.3. The van der Waals surface area contributed by atoms with E-state index in [1.807, 2.05) is 25.7 Å². The van der Waals surface area contributed by atoms with Crippen molar-refractivity contribution in [1.82, 2.24) is 15.1 Å². The Morgan fingerprint density at radius 2 is 1.70 bits per heavy atom. The van der Waals surface area contributed by atoms with Crippen molar-refractivity contribution < 1.29 is 9.59 Å². The Morgan fingerprint density at radius 3 is 2.20 bits per heavy atom. The van der Waals surface area contributed by atoms with Gasteiger partial charge in [-0.05, 0) is 20.3 Å². The number of hydrogen-bond acceptors (Lipinski definition) is 3. The lowest BCUT2D eigenvalue weighted by Gasteiger charge is -2.35. The molecule has 1 unspecified atom stereocenters. The van der Waals surface area contributed by atoms with Gasteiger partial charge >= 0.3 is 0 Å². The van der Waals surface area contributed by atoms with Gasteiger partial charge in [-0.3, -0.25) is 14.5 Å². The molecule has 20 heavy (non-hydrogen) atoms. The van der Waals surface area contributed by atoms with Gasteiger partial charge < -0.3 is 10.2 Å². The van der Waals surface area contributed by atoms with Crippen molar-refractivity contribution in [2.75, 3.05) is 32.7 Å². The first-order chi connectivity index (χ1) is 9.43. The molecule has 1 rings (SSSR count). The van der Waals surface area contributed by atoms with Crippen LogP contribution >= 0.6 is 0 Å². The van der Waals surface area contributed by atoms with Crippen LogP contribution in [0.4, 0.5) is 0 Å². The van der Waals surface area contributed by atoms with E-state index in [0.717, 1.165) is 39.0 Å². The van der Waals surface area contributed by atoms with Crippen LogP contribution in [0, 0.1) is 5.92 Å². The molecule has 0 aromatic carbocycles. The van der Waals surface area contributed by atoms with Gasteiger partial charge in [0.2, 0.25) is 11.8 Å². The van der Waals surface area contributed by atoms with Gasteiger partial charge in [-0.2, -0.15) is 0 Å². The smallest absolute Gasteiger partial charge is 0.234 e. The minimum Gasteiger partial charge on any atom is -0.353 e. The molecule has 1 atom stereocenters. The van der Waals surface area contributed by atoms with Gasteiger partial charge in [0.1, 0.15) is 0 Å². The molecule has 0 bridgehead atoms. The summed E-state index contributed by atoms with van der Waals surface area (Å²) in [6, 6.07) is 0.181. The third-order valence-corrected chi connectivity index (χ3v) is 3.64. The first kappa shape index (κ1) is 17.0. The van der Waals surface area contributed by atoms with Gasteiger partial charge in [0.25, 0.3) is 0 Å². The van der Waals surface area contributed by atoms with Gasteiger partial charge in [-0.1, -0.05) is 20.3 Å². The molecular formula is C15H29N3O2. The van der Waals surface area contributed by atoms with E-state index in [0.29, 0.717) is 6.54 Å². The van der Waals surface area contributed by atoms with Crippen LogP contribution in [-0.4, -0.2) is 60.4 Å². The lowest BCUT2D eigenvalue weighted by Crippen LogP contribution is -2.52. The Balaban J connectivity index is 2.32. The van der Waals surface area contributed by atoms with Crippen LogP contribution in [0.15, 0.2) is 0 Å². The maximum absolute atomic E-state index is 12.2. The van der Waals surface area contributed by atoms with Crippen molar-refractivity contribution in [3.05, 3.63) is 0 Å². The first-order valence-electron chi connectivity index (χ1n) is 7.74. The lowest BCUT2D eigenvalue weighted by molar-refractivity contribution is -0.137. The Hall–Kier alpha value is -1.10. The Morgan fingerprint density at radius 1 is 1.10 bits per heavy atom. The van der Waals surface area contributed by atoms with E-state index in [1.54, 1.807) is 0 Å². The first-order valence-corrected chi connectivity index (χ1v) is 7.74. The van der Waals surface area contributed by atoms with Crippen LogP contribution in [0.5, 0.6) is 0 Å². The number of nitrogens with zero attached hydrogens (tertiary/aromatic N) is 2. The molecule has 1 aliphatic heterocycles. The fourth-order valence-electron chi connectivity index (χ4n) is 2.57. The van der Waals surface area contributed by atoms with E-state index in [2.05, 4.69) is 17.1 Å². The van der Waals surface area contributed by atoms with Gasteiger partial charge in [-0.25, -0.2) is 0 Å². The second kappa shape index (κ2) is 8.25. The fraction of sp³-hybridized carbons (Fsp3) is 0.867. The highest BCUT2D eigenvalue weighted by Crippen LogP contribution is 2.12. The van der Waals surface area contributed by atoms with Gasteiger partial charge in [0.15, 0.2) is 0 Å². The number of nitrogens with one attached hydrogen (secondary N) is 1. The number of piperazine rings is 1.